The third-order valence-corrected chi connectivity index (χ3v) is 7.39. The maximum Gasteiger partial charge on any atom is 0.511 e. The lowest BCUT2D eigenvalue weighted by molar-refractivity contribution is -0.0533. The van der Waals surface area contributed by atoms with Crippen molar-refractivity contribution >= 4 is 12.1 Å². The number of ether oxygens (including phenoxy) is 3. The van der Waals surface area contributed by atoms with E-state index in [4.69, 9.17) is 14.2 Å². The first kappa shape index (κ1) is 26.5. The number of rotatable bonds is 6. The first-order valence-electron chi connectivity index (χ1n) is 13.4. The molecule has 1 aromatic heterocycles. The van der Waals surface area contributed by atoms with Crippen molar-refractivity contribution < 1.29 is 23.8 Å². The number of fused-ring (bicyclic) bond motifs is 3. The Morgan fingerprint density at radius 3 is 2.21 bits per heavy atom. The number of amides is 1. The van der Waals surface area contributed by atoms with Gasteiger partial charge in [0.1, 0.15) is 0 Å². The highest BCUT2D eigenvalue weighted by Crippen LogP contribution is 2.44. The van der Waals surface area contributed by atoms with E-state index in [1.165, 1.54) is 29.2 Å². The molecule has 2 unspecified atom stereocenters. The van der Waals surface area contributed by atoms with Crippen LogP contribution in [0.2, 0.25) is 0 Å². The van der Waals surface area contributed by atoms with Gasteiger partial charge >= 0.3 is 6.16 Å². The Morgan fingerprint density at radius 2 is 1.62 bits per heavy atom. The Kier molecular flexibility index (Phi) is 7.41. The van der Waals surface area contributed by atoms with Crippen LogP contribution in [0.15, 0.2) is 59.5 Å². The zero-order valence-corrected chi connectivity index (χ0v) is 22.6. The molecular formula is C30H33N3O6. The lowest BCUT2D eigenvalue weighted by Gasteiger charge is -2.41. The Morgan fingerprint density at radius 1 is 1.00 bits per heavy atom. The molecule has 3 aromatic rings. The molecule has 9 heteroatoms. The zero-order valence-electron chi connectivity index (χ0n) is 22.6. The number of aryl methyl sites for hydroxylation is 2. The van der Waals surface area contributed by atoms with Gasteiger partial charge in [-0.25, -0.2) is 4.79 Å². The van der Waals surface area contributed by atoms with Crippen molar-refractivity contribution in [3.8, 4) is 5.75 Å². The molecule has 2 aliphatic rings. The normalized spacial score (nSPS) is 17.5. The van der Waals surface area contributed by atoms with Crippen LogP contribution in [0.3, 0.4) is 0 Å². The molecule has 2 heterocycles. The number of carbonyl (C=O) groups excluding carboxylic acids is 2. The van der Waals surface area contributed by atoms with E-state index >= 15 is 0 Å². The van der Waals surface area contributed by atoms with Crippen molar-refractivity contribution in [3.63, 3.8) is 0 Å². The van der Waals surface area contributed by atoms with Crippen LogP contribution < -0.4 is 10.2 Å². The van der Waals surface area contributed by atoms with E-state index in [1.54, 1.807) is 16.5 Å². The van der Waals surface area contributed by atoms with Gasteiger partial charge in [-0.2, -0.15) is 5.10 Å². The largest absolute Gasteiger partial charge is 0.511 e. The van der Waals surface area contributed by atoms with E-state index in [9.17, 15) is 14.4 Å². The van der Waals surface area contributed by atoms with Gasteiger partial charge in [0.05, 0.1) is 18.8 Å². The SMILES string of the molecule is CCOC(=O)OC(C)Oc1c2n(ncc1=O)C(C1c3ccccc3CCc3ccccc31)CN(C(C)C)C2=O. The molecule has 5 rings (SSSR count). The smallest absolute Gasteiger partial charge is 0.448 e. The van der Waals surface area contributed by atoms with Gasteiger partial charge in [-0.15, -0.1) is 0 Å². The number of carbonyl (C=O) groups is 2. The average Bonchev–Trinajstić information content (AvgIpc) is 3.07. The first-order valence-corrected chi connectivity index (χ1v) is 13.4. The highest BCUT2D eigenvalue weighted by atomic mass is 16.8. The van der Waals surface area contributed by atoms with Gasteiger partial charge < -0.3 is 19.1 Å². The number of hydrogen-bond acceptors (Lipinski definition) is 7. The van der Waals surface area contributed by atoms with Gasteiger partial charge in [0.25, 0.3) is 5.91 Å². The van der Waals surface area contributed by atoms with Crippen LogP contribution >= 0.6 is 0 Å². The monoisotopic (exact) mass is 531 g/mol. The summed E-state index contributed by atoms with van der Waals surface area (Å²) in [6, 6.07) is 16.3. The molecule has 0 spiro atoms. The summed E-state index contributed by atoms with van der Waals surface area (Å²) >= 11 is 0. The topological polar surface area (TPSA) is 100.0 Å². The summed E-state index contributed by atoms with van der Waals surface area (Å²) in [4.78, 5) is 40.5. The molecule has 0 saturated heterocycles. The number of hydrogen-bond donors (Lipinski definition) is 0. The summed E-state index contributed by atoms with van der Waals surface area (Å²) in [5, 5.41) is 4.50. The van der Waals surface area contributed by atoms with Gasteiger partial charge in [0, 0.05) is 25.4 Å². The predicted octanol–water partition coefficient (Wildman–Crippen LogP) is 4.48. The van der Waals surface area contributed by atoms with E-state index < -0.39 is 17.9 Å². The highest BCUT2D eigenvalue weighted by molar-refractivity contribution is 5.96. The summed E-state index contributed by atoms with van der Waals surface area (Å²) in [7, 11) is 0. The van der Waals surface area contributed by atoms with Crippen molar-refractivity contribution in [3.05, 3.63) is 92.9 Å². The van der Waals surface area contributed by atoms with Crippen LogP contribution in [0, 0.1) is 0 Å². The molecule has 0 radical (unpaired) electrons. The minimum absolute atomic E-state index is 0.0472. The second-order valence-corrected chi connectivity index (χ2v) is 10.1. The maximum absolute atomic E-state index is 13.8. The van der Waals surface area contributed by atoms with E-state index in [2.05, 4.69) is 41.5 Å². The molecular weight excluding hydrogens is 498 g/mol. The quantitative estimate of drug-likeness (QED) is 0.342. The molecule has 0 N–H and O–H groups in total. The molecule has 0 saturated carbocycles. The van der Waals surface area contributed by atoms with Gasteiger partial charge in [0.2, 0.25) is 17.5 Å². The van der Waals surface area contributed by atoms with E-state index in [-0.39, 0.29) is 42.0 Å². The molecule has 1 amide bonds. The predicted molar refractivity (Wildman–Crippen MR) is 144 cm³/mol. The third-order valence-electron chi connectivity index (χ3n) is 7.39. The maximum atomic E-state index is 13.8. The summed E-state index contributed by atoms with van der Waals surface area (Å²) < 4.78 is 17.4. The zero-order chi connectivity index (χ0) is 27.7. The fourth-order valence-corrected chi connectivity index (χ4v) is 5.66. The highest BCUT2D eigenvalue weighted by Gasteiger charge is 2.42. The van der Waals surface area contributed by atoms with Crippen molar-refractivity contribution in [1.82, 2.24) is 14.7 Å². The number of aromatic nitrogens is 2. The number of nitrogens with zero attached hydrogens (tertiary/aromatic N) is 3. The first-order chi connectivity index (χ1) is 18.8. The minimum Gasteiger partial charge on any atom is -0.448 e. The van der Waals surface area contributed by atoms with Crippen molar-refractivity contribution in [1.29, 1.82) is 0 Å². The fourth-order valence-electron chi connectivity index (χ4n) is 5.66. The molecule has 0 fully saturated rings. The van der Waals surface area contributed by atoms with Crippen molar-refractivity contribution in [2.45, 2.75) is 64.8 Å². The Balaban J connectivity index is 1.67. The van der Waals surface area contributed by atoms with Crippen molar-refractivity contribution in [2.24, 2.45) is 0 Å². The van der Waals surface area contributed by atoms with Crippen LogP contribution in [0.25, 0.3) is 0 Å². The third kappa shape index (κ3) is 5.01. The Bertz CT molecular complexity index is 1400. The molecule has 2 atom stereocenters. The Hall–Kier alpha value is -4.14. The average molecular weight is 532 g/mol. The summed E-state index contributed by atoms with van der Waals surface area (Å²) in [6.07, 6.45) is 0.891. The van der Waals surface area contributed by atoms with E-state index in [0.29, 0.717) is 6.54 Å². The second kappa shape index (κ2) is 10.9. The molecule has 1 aliphatic heterocycles. The number of benzene rings is 2. The molecule has 1 aliphatic carbocycles. The van der Waals surface area contributed by atoms with Crippen LogP contribution in [-0.2, 0) is 22.3 Å². The molecule has 39 heavy (non-hydrogen) atoms. The molecule has 0 bridgehead atoms. The summed E-state index contributed by atoms with van der Waals surface area (Å²) in [5.74, 6) is -0.679. The van der Waals surface area contributed by atoms with Gasteiger partial charge in [-0.1, -0.05) is 48.5 Å². The van der Waals surface area contributed by atoms with Crippen molar-refractivity contribution in [2.75, 3.05) is 13.2 Å². The Labute approximate surface area is 227 Å². The van der Waals surface area contributed by atoms with Gasteiger partial charge in [-0.3, -0.25) is 14.3 Å². The molecule has 9 nitrogen and oxygen atoms in total. The van der Waals surface area contributed by atoms with Crippen LogP contribution in [0.5, 0.6) is 5.75 Å². The van der Waals surface area contributed by atoms with E-state index in [1.807, 2.05) is 26.0 Å². The standard InChI is InChI=1S/C30H33N3O6/c1-5-37-30(36)39-19(4)38-28-25(34)16-31-33-24(17-32(18(2)3)29(35)27(28)33)26-22-12-8-6-10-20(22)14-15-21-11-7-9-13-23(21)26/h6-13,16,18-19,24,26H,5,14-15,17H2,1-4H3. The fraction of sp³-hybridized carbons (Fsp3) is 0.400. The van der Waals surface area contributed by atoms with Gasteiger partial charge in [0.15, 0.2) is 5.69 Å². The summed E-state index contributed by atoms with van der Waals surface area (Å²) in [6.45, 7) is 7.55. The van der Waals surface area contributed by atoms with Crippen LogP contribution in [0.1, 0.15) is 72.4 Å². The van der Waals surface area contributed by atoms with E-state index in [0.717, 1.165) is 19.0 Å². The van der Waals surface area contributed by atoms with Crippen LogP contribution in [0.4, 0.5) is 4.79 Å². The molecule has 2 aromatic carbocycles. The molecule has 204 valence electrons. The van der Waals surface area contributed by atoms with Crippen LogP contribution in [-0.4, -0.2) is 52.2 Å². The second-order valence-electron chi connectivity index (χ2n) is 10.1. The summed E-state index contributed by atoms with van der Waals surface area (Å²) in [5.41, 5.74) is 4.34. The minimum atomic E-state index is -1.16. The lowest BCUT2D eigenvalue weighted by atomic mass is 9.81. The van der Waals surface area contributed by atoms with Gasteiger partial charge in [-0.05, 0) is 55.9 Å². The lowest BCUT2D eigenvalue weighted by Crippen LogP contribution is -2.50.